The van der Waals surface area contributed by atoms with Gasteiger partial charge in [-0.15, -0.1) is 45.3 Å². The third kappa shape index (κ3) is 26.7. The second-order valence-electron chi connectivity index (χ2n) is 10.8. The number of methoxy groups -OCH3 is 2. The van der Waals surface area contributed by atoms with Crippen LogP contribution in [0.25, 0.3) is 0 Å². The predicted molar refractivity (Wildman–Crippen MR) is 280 cm³/mol. The number of nitrogens with two attached hydrogens (primary N) is 1. The number of halogens is 6. The minimum atomic E-state index is -0.602. The standard InChI is InChI=1S/C12H13BrN4O3S.C6H9BrN2S.C6H5ClN2O3.C4H3Br2NS.C4H4ClNS.C2H7N.BHNS/c1-3-16(7-8-6-14-12(13)21-8)11-9(17(18)19)4-5-10(15-11)20-2;1-2-8-3-5-4-9-6(7)10-5;1-12-5-3-2-4(9(10)11)6(7)8-5;5-1-3-2-7-4(6)8-3;1-3-2-6-4(5)7-3;2*1-2-3/h4-6H,3,7H2,1-2H3;4,8H,2-3H2,1H3;2-3H,1H3;2H,1H2;2H,1H3;2-3H2,1H3;3H. The molecule has 0 bridgehead atoms. The summed E-state index contributed by atoms with van der Waals surface area (Å²) in [7, 11) is 7.22. The van der Waals surface area contributed by atoms with Gasteiger partial charge in [-0.25, -0.2) is 19.9 Å². The molecule has 0 aliphatic rings. The van der Waals surface area contributed by atoms with Gasteiger partial charge in [0, 0.05) is 87.0 Å². The molecular weight excluding hydrogens is 1230 g/mol. The average molecular weight is 1280 g/mol. The molecule has 1 radical (unpaired) electrons. The molecule has 30 heteroatoms. The number of pyridine rings is 2. The van der Waals surface area contributed by atoms with Crippen LogP contribution >= 0.6 is 145 Å². The number of thiol groups is 1. The van der Waals surface area contributed by atoms with Crippen LogP contribution in [-0.2, 0) is 18.4 Å². The Morgan fingerprint density at radius 3 is 1.62 bits per heavy atom. The molecule has 0 saturated carbocycles. The van der Waals surface area contributed by atoms with Crippen molar-refractivity contribution in [3.8, 4) is 11.8 Å². The van der Waals surface area contributed by atoms with Gasteiger partial charge in [-0.05, 0) is 74.7 Å². The zero-order valence-corrected chi connectivity index (χ0v) is 46.8. The van der Waals surface area contributed by atoms with Crippen molar-refractivity contribution in [2.45, 2.75) is 46.1 Å². The molecule has 6 heterocycles. The number of rotatable bonds is 12. The Labute approximate surface area is 437 Å². The molecule has 0 saturated heterocycles. The van der Waals surface area contributed by atoms with Crippen LogP contribution in [0.5, 0.6) is 11.8 Å². The third-order valence-corrected chi connectivity index (χ3v) is 13.0. The van der Waals surface area contributed by atoms with E-state index in [0.717, 1.165) is 46.5 Å². The van der Waals surface area contributed by atoms with Crippen LogP contribution in [-0.4, -0.2) is 81.2 Å². The second-order valence-corrected chi connectivity index (χ2v) is 20.9. The summed E-state index contributed by atoms with van der Waals surface area (Å²) >= 11 is 33.6. The van der Waals surface area contributed by atoms with Crippen molar-refractivity contribution < 1.29 is 19.3 Å². The molecule has 0 aliphatic carbocycles. The molecule has 0 amide bonds. The predicted octanol–water partition coefficient (Wildman–Crippen LogP) is 12.0. The number of alkyl halides is 1. The summed E-state index contributed by atoms with van der Waals surface area (Å²) in [4.78, 5) is 50.7. The van der Waals surface area contributed by atoms with Crippen LogP contribution in [0.2, 0.25) is 9.62 Å². The monoisotopic (exact) mass is 1270 g/mol. The number of anilines is 1. The molecule has 0 unspecified atom stereocenters. The fraction of sp³-hybridized carbons (Fsp3) is 0.353. The molecule has 0 atom stereocenters. The van der Waals surface area contributed by atoms with Crippen molar-refractivity contribution in [1.29, 1.82) is 0 Å². The molecule has 6 aromatic rings. The van der Waals surface area contributed by atoms with E-state index in [4.69, 9.17) is 38.4 Å². The second kappa shape index (κ2) is 36.7. The van der Waals surface area contributed by atoms with Crippen LogP contribution in [0.15, 0.2) is 65.1 Å². The van der Waals surface area contributed by atoms with Gasteiger partial charge in [0.25, 0.3) is 0 Å². The van der Waals surface area contributed by atoms with Crippen molar-refractivity contribution in [1.82, 2.24) is 35.2 Å². The van der Waals surface area contributed by atoms with E-state index in [-0.39, 0.29) is 22.4 Å². The zero-order valence-electron chi connectivity index (χ0n) is 34.8. The Kier molecular flexibility index (Phi) is 35.4. The summed E-state index contributed by atoms with van der Waals surface area (Å²) in [6.45, 7) is 11.7. The fourth-order valence-electron chi connectivity index (χ4n) is 3.74. The first kappa shape index (κ1) is 61.7. The summed E-state index contributed by atoms with van der Waals surface area (Å²) in [5.74, 6) is 0.900. The van der Waals surface area contributed by atoms with Gasteiger partial charge < -0.3 is 25.4 Å². The van der Waals surface area contributed by atoms with E-state index in [1.807, 2.05) is 38.1 Å². The molecule has 0 spiro atoms. The fourth-order valence-corrected chi connectivity index (χ4v) is 9.24. The summed E-state index contributed by atoms with van der Waals surface area (Å²) in [5, 5.41) is 25.4. The Morgan fingerprint density at radius 1 is 0.828 bits per heavy atom. The molecule has 6 aromatic heterocycles. The summed E-state index contributed by atoms with van der Waals surface area (Å²) in [6, 6.07) is 5.52. The third-order valence-electron chi connectivity index (χ3n) is 6.32. The molecule has 6 rings (SSSR count). The quantitative estimate of drug-likeness (QED) is 0.0258. The Morgan fingerprint density at radius 2 is 1.30 bits per heavy atom. The SMILES string of the molecule is BrCc1cnc(Br)s1.CCN.CCN(Cc1cnc(Br)s1)c1nc(OC)ccc1[N+](=O)[O-].CCNCc1cnc(Br)s1.COc1ccc([N+](=O)[O-])c(Cl)n1.Cc1cnc(Cl)s1.[B]=NS. The van der Waals surface area contributed by atoms with Crippen LogP contribution in [0, 0.1) is 27.2 Å². The van der Waals surface area contributed by atoms with Crippen LogP contribution in [0.3, 0.4) is 0 Å². The molecule has 0 aromatic carbocycles. The molecule has 349 valence electrons. The van der Waals surface area contributed by atoms with Crippen molar-refractivity contribution >= 4 is 170 Å². The van der Waals surface area contributed by atoms with E-state index >= 15 is 0 Å². The maximum absolute atomic E-state index is 11.2. The van der Waals surface area contributed by atoms with Crippen molar-refractivity contribution in [2.24, 2.45) is 10.0 Å². The molecule has 64 heavy (non-hydrogen) atoms. The minimum absolute atomic E-state index is 0.0405. The van der Waals surface area contributed by atoms with Crippen LogP contribution < -0.4 is 25.4 Å². The number of nitrogens with zero attached hydrogens (tertiary/aromatic N) is 10. The number of aromatic nitrogens is 6. The average Bonchev–Trinajstić information content (AvgIpc) is 4.09. The number of thiazole rings is 4. The topological polar surface area (TPSA) is 236 Å². The van der Waals surface area contributed by atoms with E-state index in [1.54, 1.807) is 35.1 Å². The summed E-state index contributed by atoms with van der Waals surface area (Å²) in [6.07, 6.45) is 7.23. The van der Waals surface area contributed by atoms with Crippen LogP contribution in [0.4, 0.5) is 17.2 Å². The maximum atomic E-state index is 11.2. The van der Waals surface area contributed by atoms with Crippen molar-refractivity contribution in [3.63, 3.8) is 0 Å². The summed E-state index contributed by atoms with van der Waals surface area (Å²) < 4.78 is 15.8. The molecule has 0 aliphatic heterocycles. The Hall–Kier alpha value is -2.35. The first-order valence-corrected chi connectivity index (χ1v) is 25.6. The van der Waals surface area contributed by atoms with Crippen LogP contribution in [0.1, 0.15) is 40.3 Å². The van der Waals surface area contributed by atoms with E-state index in [9.17, 15) is 20.2 Å². The number of nitro groups is 2. The van der Waals surface area contributed by atoms with E-state index < -0.39 is 9.85 Å². The van der Waals surface area contributed by atoms with Gasteiger partial charge in [0.2, 0.25) is 22.7 Å². The number of aryl methyl sites for hydroxylation is 1. The first-order valence-electron chi connectivity index (χ1n) is 17.7. The number of hydrogen-bond donors (Lipinski definition) is 3. The zero-order chi connectivity index (χ0) is 48.6. The van der Waals surface area contributed by atoms with E-state index in [2.05, 4.69) is 131 Å². The van der Waals surface area contributed by atoms with Crippen molar-refractivity contribution in [3.05, 3.63) is 110 Å². The normalized spacial score (nSPS) is 9.52. The van der Waals surface area contributed by atoms with Gasteiger partial charge in [-0.2, -0.15) is 9.97 Å². The Bertz CT molecular complexity index is 2230. The number of hydrogen-bond acceptors (Lipinski definition) is 21. The number of nitrogens with one attached hydrogen (secondary N) is 1. The molecule has 0 fully saturated rings. The van der Waals surface area contributed by atoms with Gasteiger partial charge >= 0.3 is 36.1 Å². The van der Waals surface area contributed by atoms with Crippen molar-refractivity contribution in [2.75, 3.05) is 38.8 Å². The van der Waals surface area contributed by atoms with Gasteiger partial charge in [0.05, 0.1) is 30.6 Å². The van der Waals surface area contributed by atoms with E-state index in [1.165, 1.54) is 70.9 Å². The molecular formula is C34H42BBr4Cl2N12O6S5. The van der Waals surface area contributed by atoms with E-state index in [0.29, 0.717) is 29.3 Å². The molecule has 18 nitrogen and oxygen atoms in total. The van der Waals surface area contributed by atoms with Gasteiger partial charge in [-0.3, -0.25) is 20.2 Å². The van der Waals surface area contributed by atoms with Gasteiger partial charge in [0.1, 0.15) is 0 Å². The summed E-state index contributed by atoms with van der Waals surface area (Å²) in [5.41, 5.74) is 4.58. The molecule has 3 N–H and O–H groups in total. The first-order chi connectivity index (χ1) is 30.5. The number of ether oxygens (including phenoxy) is 2. The Balaban J connectivity index is 0.000000793. The van der Waals surface area contributed by atoms with Gasteiger partial charge in [-0.1, -0.05) is 53.0 Å². The van der Waals surface area contributed by atoms with Gasteiger partial charge in [0.15, 0.2) is 16.2 Å².